The molecule has 33 heavy (non-hydrogen) atoms. The van der Waals surface area contributed by atoms with Crippen molar-refractivity contribution in [3.63, 3.8) is 0 Å². The molecule has 0 aliphatic carbocycles. The minimum Gasteiger partial charge on any atom is -0.496 e. The number of aromatic nitrogens is 2. The number of halogens is 2. The van der Waals surface area contributed by atoms with Gasteiger partial charge in [-0.2, -0.15) is 5.10 Å². The van der Waals surface area contributed by atoms with E-state index in [0.717, 1.165) is 32.4 Å². The maximum Gasteiger partial charge on any atom is 0.270 e. The van der Waals surface area contributed by atoms with Crippen LogP contribution < -0.4 is 10.3 Å². The van der Waals surface area contributed by atoms with Crippen molar-refractivity contribution in [1.82, 2.24) is 9.78 Å². The molecule has 168 valence electrons. The predicted molar refractivity (Wildman–Crippen MR) is 132 cm³/mol. The Morgan fingerprint density at radius 1 is 1.00 bits per heavy atom. The van der Waals surface area contributed by atoms with Gasteiger partial charge in [0.25, 0.3) is 5.56 Å². The third-order valence-electron chi connectivity index (χ3n) is 5.63. The first-order valence-electron chi connectivity index (χ1n) is 10.7. The third-order valence-corrected chi connectivity index (χ3v) is 6.41. The number of para-hydroxylation sites is 1. The number of rotatable bonds is 7. The van der Waals surface area contributed by atoms with E-state index in [4.69, 9.17) is 4.74 Å². The summed E-state index contributed by atoms with van der Waals surface area (Å²) in [4.78, 5) is 13.7. The zero-order valence-corrected chi connectivity index (χ0v) is 20.1. The van der Waals surface area contributed by atoms with E-state index < -0.39 is 0 Å². The largest absolute Gasteiger partial charge is 0.496 e. The highest BCUT2D eigenvalue weighted by molar-refractivity contribution is 9.10. The van der Waals surface area contributed by atoms with E-state index in [-0.39, 0.29) is 11.4 Å². The van der Waals surface area contributed by atoms with Crippen molar-refractivity contribution in [3.05, 3.63) is 116 Å². The average molecular weight is 507 g/mol. The minimum absolute atomic E-state index is 0.159. The second kappa shape index (κ2) is 10.1. The van der Waals surface area contributed by atoms with Gasteiger partial charge in [-0.1, -0.05) is 64.5 Å². The topological polar surface area (TPSA) is 44.1 Å². The summed E-state index contributed by atoms with van der Waals surface area (Å²) in [6, 6.07) is 21.9. The highest BCUT2D eigenvalue weighted by Gasteiger charge is 2.20. The van der Waals surface area contributed by atoms with Crippen LogP contribution in [0, 0.1) is 12.7 Å². The van der Waals surface area contributed by atoms with E-state index in [9.17, 15) is 9.18 Å². The van der Waals surface area contributed by atoms with Crippen molar-refractivity contribution in [3.8, 4) is 16.9 Å². The summed E-state index contributed by atoms with van der Waals surface area (Å²) in [5.41, 5.74) is 4.62. The van der Waals surface area contributed by atoms with Crippen molar-refractivity contribution in [2.45, 2.75) is 26.3 Å². The monoisotopic (exact) mass is 506 g/mol. The molecule has 0 saturated carbocycles. The van der Waals surface area contributed by atoms with Crippen LogP contribution in [0.3, 0.4) is 0 Å². The van der Waals surface area contributed by atoms with Gasteiger partial charge >= 0.3 is 0 Å². The molecule has 0 spiro atoms. The number of nitrogens with zero attached hydrogens (tertiary/aromatic N) is 2. The smallest absolute Gasteiger partial charge is 0.270 e. The highest BCUT2D eigenvalue weighted by Crippen LogP contribution is 2.33. The van der Waals surface area contributed by atoms with Crippen LogP contribution in [0.4, 0.5) is 4.39 Å². The lowest BCUT2D eigenvalue weighted by Gasteiger charge is -2.18. The molecule has 0 fully saturated rings. The normalized spacial score (nSPS) is 10.9. The van der Waals surface area contributed by atoms with Gasteiger partial charge < -0.3 is 4.74 Å². The van der Waals surface area contributed by atoms with Crippen molar-refractivity contribution in [1.29, 1.82) is 0 Å². The van der Waals surface area contributed by atoms with Gasteiger partial charge in [-0.05, 0) is 55.2 Å². The summed E-state index contributed by atoms with van der Waals surface area (Å²) >= 11 is 3.56. The van der Waals surface area contributed by atoms with Crippen LogP contribution in [0.1, 0.15) is 22.4 Å². The maximum atomic E-state index is 13.7. The van der Waals surface area contributed by atoms with Crippen molar-refractivity contribution in [2.24, 2.45) is 0 Å². The van der Waals surface area contributed by atoms with Crippen LogP contribution in [0.5, 0.6) is 5.75 Å². The number of ether oxygens (including phenoxy) is 1. The van der Waals surface area contributed by atoms with E-state index >= 15 is 0 Å². The summed E-state index contributed by atoms with van der Waals surface area (Å²) in [5, 5.41) is 4.66. The molecular weight excluding hydrogens is 483 g/mol. The van der Waals surface area contributed by atoms with Gasteiger partial charge in [0.05, 0.1) is 19.3 Å². The second-order valence-electron chi connectivity index (χ2n) is 7.82. The Labute approximate surface area is 200 Å². The van der Waals surface area contributed by atoms with Gasteiger partial charge in [-0.25, -0.2) is 9.07 Å². The fourth-order valence-corrected chi connectivity index (χ4v) is 4.47. The van der Waals surface area contributed by atoms with Crippen molar-refractivity contribution < 1.29 is 9.13 Å². The molecule has 0 amide bonds. The Morgan fingerprint density at radius 2 is 1.76 bits per heavy atom. The van der Waals surface area contributed by atoms with Gasteiger partial charge in [-0.15, -0.1) is 0 Å². The van der Waals surface area contributed by atoms with Crippen LogP contribution in [0.15, 0.2) is 82.1 Å². The Balaban J connectivity index is 1.84. The first-order valence-corrected chi connectivity index (χ1v) is 11.5. The lowest BCUT2D eigenvalue weighted by molar-refractivity contribution is 0.416. The molecule has 6 heteroatoms. The third kappa shape index (κ3) is 5.06. The Hall–Kier alpha value is -3.25. The zero-order valence-electron chi connectivity index (χ0n) is 18.5. The van der Waals surface area contributed by atoms with Gasteiger partial charge in [0.1, 0.15) is 11.6 Å². The van der Waals surface area contributed by atoms with Crippen LogP contribution in [0.2, 0.25) is 0 Å². The van der Waals surface area contributed by atoms with E-state index in [1.807, 2.05) is 61.5 Å². The van der Waals surface area contributed by atoms with Crippen molar-refractivity contribution >= 4 is 15.9 Å². The molecular formula is C27H24BrFN2O2. The van der Waals surface area contributed by atoms with Crippen LogP contribution in [0.25, 0.3) is 11.1 Å². The maximum absolute atomic E-state index is 13.7. The molecule has 4 aromatic rings. The average Bonchev–Trinajstić information content (AvgIpc) is 2.81. The van der Waals surface area contributed by atoms with E-state index in [0.29, 0.717) is 30.7 Å². The van der Waals surface area contributed by atoms with Crippen LogP contribution in [-0.2, 0) is 19.4 Å². The fraction of sp³-hybridized carbons (Fsp3) is 0.185. The number of benzene rings is 3. The molecule has 0 aliphatic rings. The van der Waals surface area contributed by atoms with Gasteiger partial charge in [0, 0.05) is 21.2 Å². The molecule has 0 aliphatic heterocycles. The molecule has 0 saturated heterocycles. The zero-order chi connectivity index (χ0) is 23.4. The van der Waals surface area contributed by atoms with E-state index in [1.54, 1.807) is 13.2 Å². The van der Waals surface area contributed by atoms with Gasteiger partial charge in [0.15, 0.2) is 0 Å². The molecule has 0 N–H and O–H groups in total. The van der Waals surface area contributed by atoms with E-state index in [1.165, 1.54) is 16.8 Å². The van der Waals surface area contributed by atoms with Gasteiger partial charge in [-0.3, -0.25) is 4.79 Å². The van der Waals surface area contributed by atoms with Crippen LogP contribution in [-0.4, -0.2) is 16.9 Å². The number of methoxy groups -OCH3 is 1. The van der Waals surface area contributed by atoms with Crippen LogP contribution >= 0.6 is 15.9 Å². The summed E-state index contributed by atoms with van der Waals surface area (Å²) in [6.45, 7) is 2.25. The molecule has 1 heterocycles. The SMILES string of the molecule is COc1ccccc1-c1c(C)nn(Cc2ccccc2Br)c(=O)c1CCc1cccc(F)c1. The molecule has 0 atom stereocenters. The molecule has 1 aromatic heterocycles. The lowest BCUT2D eigenvalue weighted by Crippen LogP contribution is -2.29. The Morgan fingerprint density at radius 3 is 2.52 bits per heavy atom. The summed E-state index contributed by atoms with van der Waals surface area (Å²) in [6.07, 6.45) is 0.989. The summed E-state index contributed by atoms with van der Waals surface area (Å²) in [7, 11) is 1.61. The summed E-state index contributed by atoms with van der Waals surface area (Å²) in [5.74, 6) is 0.395. The van der Waals surface area contributed by atoms with E-state index in [2.05, 4.69) is 21.0 Å². The Bertz CT molecular complexity index is 1350. The predicted octanol–water partition coefficient (Wildman–Crippen LogP) is 5.96. The first-order chi connectivity index (χ1) is 16.0. The number of hydrogen-bond acceptors (Lipinski definition) is 3. The molecule has 4 nitrogen and oxygen atoms in total. The second-order valence-corrected chi connectivity index (χ2v) is 8.68. The summed E-state index contributed by atoms with van der Waals surface area (Å²) < 4.78 is 21.7. The molecule has 0 bridgehead atoms. The molecule has 0 unspecified atom stereocenters. The standard InChI is InChI=1S/C27H24BrFN2O2/c1-18-26(22-11-4-6-13-25(22)33-2)23(15-14-19-8-7-10-21(29)16-19)27(32)31(30-18)17-20-9-3-5-12-24(20)28/h3-13,16H,14-15,17H2,1-2H3. The minimum atomic E-state index is -0.283. The fourth-order valence-electron chi connectivity index (χ4n) is 4.06. The molecule has 3 aromatic carbocycles. The molecule has 0 radical (unpaired) electrons. The quantitative estimate of drug-likeness (QED) is 0.310. The Kier molecular flexibility index (Phi) is 7.04. The lowest BCUT2D eigenvalue weighted by atomic mass is 9.94. The number of aryl methyl sites for hydroxylation is 2. The van der Waals surface area contributed by atoms with Crippen molar-refractivity contribution in [2.75, 3.05) is 7.11 Å². The number of hydrogen-bond donors (Lipinski definition) is 0. The molecule has 4 rings (SSSR count). The first kappa shape index (κ1) is 22.9. The highest BCUT2D eigenvalue weighted by atomic mass is 79.9. The van der Waals surface area contributed by atoms with Gasteiger partial charge in [0.2, 0.25) is 0 Å².